The topological polar surface area (TPSA) is 69.7 Å². The summed E-state index contributed by atoms with van der Waals surface area (Å²) in [6, 6.07) is 0. The third-order valence-corrected chi connectivity index (χ3v) is 13.2. The molecule has 0 bridgehead atoms. The van der Waals surface area contributed by atoms with Crippen molar-refractivity contribution in [2.45, 2.75) is 119 Å². The summed E-state index contributed by atoms with van der Waals surface area (Å²) in [6.45, 7) is 17.8. The summed E-state index contributed by atoms with van der Waals surface area (Å²) in [5, 5.41) is 0. The van der Waals surface area contributed by atoms with Gasteiger partial charge in [-0.2, -0.15) is 0 Å². The zero-order chi connectivity index (χ0) is 28.1. The predicted molar refractivity (Wildman–Crippen MR) is 147 cm³/mol. The molecule has 5 nitrogen and oxygen atoms in total. The van der Waals surface area contributed by atoms with Crippen LogP contribution in [0.1, 0.15) is 113 Å². The monoisotopic (exact) mass is 526 g/mol. The number of ether oxygens (including phenoxy) is 2. The van der Waals surface area contributed by atoms with Gasteiger partial charge in [-0.3, -0.25) is 14.4 Å². The molecule has 5 rings (SSSR count). The van der Waals surface area contributed by atoms with E-state index in [1.165, 1.54) is 19.6 Å². The normalized spacial score (nSPS) is 46.9. The molecule has 0 heterocycles. The van der Waals surface area contributed by atoms with E-state index in [1.807, 2.05) is 0 Å². The minimum absolute atomic E-state index is 0.0150. The molecule has 5 heteroatoms. The summed E-state index contributed by atoms with van der Waals surface area (Å²) in [4.78, 5) is 39.8. The summed E-state index contributed by atoms with van der Waals surface area (Å²) in [5.74, 6) is 0.120. The molecule has 4 saturated carbocycles. The highest BCUT2D eigenvalue weighted by Gasteiger charge is 2.71. The van der Waals surface area contributed by atoms with Crippen molar-refractivity contribution in [2.24, 2.45) is 50.2 Å². The molecule has 212 valence electrons. The molecule has 4 fully saturated rings. The second-order valence-electron chi connectivity index (χ2n) is 15.8. The van der Waals surface area contributed by atoms with E-state index in [0.29, 0.717) is 5.92 Å². The highest BCUT2D eigenvalue weighted by molar-refractivity contribution is 5.96. The van der Waals surface area contributed by atoms with Crippen LogP contribution in [0, 0.1) is 50.2 Å². The van der Waals surface area contributed by atoms with E-state index in [1.54, 1.807) is 0 Å². The average Bonchev–Trinajstić information content (AvgIpc) is 2.81. The van der Waals surface area contributed by atoms with Gasteiger partial charge in [0.25, 0.3) is 0 Å². The Balaban J connectivity index is 1.60. The smallest absolute Gasteiger partial charge is 0.312 e. The standard InChI is InChI=1S/C33H50O5/c1-20(34)38-25-11-12-30(6)23(29(25,4)5)10-13-31(7)24(30)18-22(35)26-21-19-28(2,3)14-16-33(21,27(36)37-9)17-15-32(26,31)8/h18,21,23,25-26H,10-17,19H2,1-9H3/t21?,23?,25?,26?,30-,31+,32+,33-/m0/s1. The minimum atomic E-state index is -0.545. The largest absolute Gasteiger partial charge is 0.469 e. The van der Waals surface area contributed by atoms with Crippen LogP contribution in [0.2, 0.25) is 0 Å². The van der Waals surface area contributed by atoms with E-state index in [2.05, 4.69) is 54.5 Å². The van der Waals surface area contributed by atoms with Crippen LogP contribution < -0.4 is 0 Å². The molecule has 0 saturated heterocycles. The molecule has 0 amide bonds. The minimum Gasteiger partial charge on any atom is -0.469 e. The predicted octanol–water partition coefficient (Wildman–Crippen LogP) is 7.07. The lowest BCUT2D eigenvalue weighted by atomic mass is 9.34. The Kier molecular flexibility index (Phi) is 6.19. The van der Waals surface area contributed by atoms with Crippen molar-refractivity contribution in [3.8, 4) is 0 Å². The van der Waals surface area contributed by atoms with Crippen LogP contribution in [0.5, 0.6) is 0 Å². The van der Waals surface area contributed by atoms with Gasteiger partial charge in [0, 0.05) is 18.3 Å². The molecule has 0 aromatic heterocycles. The van der Waals surface area contributed by atoms with Crippen molar-refractivity contribution in [1.29, 1.82) is 0 Å². The first kappa shape index (κ1) is 27.9. The second kappa shape index (κ2) is 8.43. The maximum atomic E-state index is 14.4. The van der Waals surface area contributed by atoms with Gasteiger partial charge in [-0.15, -0.1) is 0 Å². The van der Waals surface area contributed by atoms with E-state index in [-0.39, 0.29) is 62.7 Å². The Bertz CT molecular complexity index is 1080. The Morgan fingerprint density at radius 1 is 0.895 bits per heavy atom. The van der Waals surface area contributed by atoms with Crippen LogP contribution in [0.25, 0.3) is 0 Å². The lowest BCUT2D eigenvalue weighted by Gasteiger charge is -2.70. The Hall–Kier alpha value is -1.65. The van der Waals surface area contributed by atoms with Crippen molar-refractivity contribution in [3.05, 3.63) is 11.6 Å². The molecule has 5 aliphatic rings. The fraction of sp³-hybridized carbons (Fsp3) is 0.848. The number of hydrogen-bond donors (Lipinski definition) is 0. The Morgan fingerprint density at radius 3 is 2.18 bits per heavy atom. The summed E-state index contributed by atoms with van der Waals surface area (Å²) in [7, 11) is 1.51. The van der Waals surface area contributed by atoms with Gasteiger partial charge in [0.15, 0.2) is 5.78 Å². The van der Waals surface area contributed by atoms with Crippen molar-refractivity contribution in [1.82, 2.24) is 0 Å². The van der Waals surface area contributed by atoms with Crippen molar-refractivity contribution in [2.75, 3.05) is 7.11 Å². The molecule has 0 radical (unpaired) electrons. The first-order valence-corrected chi connectivity index (χ1v) is 15.0. The quantitative estimate of drug-likeness (QED) is 0.360. The molecule has 0 aliphatic heterocycles. The van der Waals surface area contributed by atoms with Gasteiger partial charge in [-0.05, 0) is 97.4 Å². The van der Waals surface area contributed by atoms with Gasteiger partial charge in [0.1, 0.15) is 6.10 Å². The van der Waals surface area contributed by atoms with E-state index in [0.717, 1.165) is 57.8 Å². The van der Waals surface area contributed by atoms with Gasteiger partial charge in [0.2, 0.25) is 0 Å². The highest BCUT2D eigenvalue weighted by atomic mass is 16.5. The Morgan fingerprint density at radius 2 is 1.55 bits per heavy atom. The summed E-state index contributed by atoms with van der Waals surface area (Å²) in [5.41, 5.74) is 0.312. The van der Waals surface area contributed by atoms with Gasteiger partial charge in [-0.1, -0.05) is 54.0 Å². The molecular weight excluding hydrogens is 476 g/mol. The van der Waals surface area contributed by atoms with E-state index >= 15 is 0 Å². The molecule has 0 aromatic rings. The number of fused-ring (bicyclic) bond motifs is 7. The molecule has 4 unspecified atom stereocenters. The number of rotatable bonds is 2. The number of carbonyl (C=O) groups excluding carboxylic acids is 3. The number of esters is 2. The van der Waals surface area contributed by atoms with Crippen LogP contribution in [0.4, 0.5) is 0 Å². The second-order valence-corrected chi connectivity index (χ2v) is 15.8. The first-order chi connectivity index (χ1) is 17.5. The first-order valence-electron chi connectivity index (χ1n) is 15.0. The van der Waals surface area contributed by atoms with Gasteiger partial charge < -0.3 is 9.47 Å². The van der Waals surface area contributed by atoms with Gasteiger partial charge in [0.05, 0.1) is 12.5 Å². The number of methoxy groups -OCH3 is 1. The molecule has 0 aromatic carbocycles. The zero-order valence-electron chi connectivity index (χ0n) is 25.3. The maximum Gasteiger partial charge on any atom is 0.312 e. The fourth-order valence-electron chi connectivity index (χ4n) is 11.0. The average molecular weight is 527 g/mol. The van der Waals surface area contributed by atoms with Gasteiger partial charge >= 0.3 is 11.9 Å². The molecule has 0 N–H and O–H groups in total. The molecule has 0 spiro atoms. The SMILES string of the molecule is COC(=O)[C@]12CCC(C)(C)CC1C1C(=O)C=C3[C@@]4(C)CCC(OC(C)=O)C(C)(C)C4CC[C@@]3(C)[C@]1(C)CC2. The Labute approximate surface area is 229 Å². The lowest BCUT2D eigenvalue weighted by molar-refractivity contribution is -0.197. The number of carbonyl (C=O) groups is 3. The number of hydrogen-bond acceptors (Lipinski definition) is 5. The van der Waals surface area contributed by atoms with Crippen LogP contribution in [-0.2, 0) is 23.9 Å². The van der Waals surface area contributed by atoms with Gasteiger partial charge in [-0.25, -0.2) is 0 Å². The fourth-order valence-corrected chi connectivity index (χ4v) is 11.0. The lowest BCUT2D eigenvalue weighted by Crippen LogP contribution is -2.66. The summed E-state index contributed by atoms with van der Waals surface area (Å²) >= 11 is 0. The van der Waals surface area contributed by atoms with Crippen LogP contribution in [-0.4, -0.2) is 30.9 Å². The molecule has 5 aliphatic carbocycles. The maximum absolute atomic E-state index is 14.4. The summed E-state index contributed by atoms with van der Waals surface area (Å²) in [6.07, 6.45) is 10.2. The van der Waals surface area contributed by atoms with Crippen LogP contribution >= 0.6 is 0 Å². The van der Waals surface area contributed by atoms with Crippen LogP contribution in [0.15, 0.2) is 11.6 Å². The number of ketones is 1. The highest BCUT2D eigenvalue weighted by Crippen LogP contribution is 2.75. The third kappa shape index (κ3) is 3.51. The third-order valence-electron chi connectivity index (χ3n) is 13.2. The van der Waals surface area contributed by atoms with Crippen molar-refractivity contribution < 1.29 is 23.9 Å². The van der Waals surface area contributed by atoms with E-state index in [9.17, 15) is 14.4 Å². The van der Waals surface area contributed by atoms with Crippen molar-refractivity contribution >= 4 is 17.7 Å². The molecule has 38 heavy (non-hydrogen) atoms. The van der Waals surface area contributed by atoms with E-state index < -0.39 is 5.41 Å². The molecular formula is C33H50O5. The summed E-state index contributed by atoms with van der Waals surface area (Å²) < 4.78 is 11.3. The number of allylic oxidation sites excluding steroid dienone is 2. The molecule has 8 atom stereocenters. The van der Waals surface area contributed by atoms with E-state index in [4.69, 9.17) is 9.47 Å². The zero-order valence-corrected chi connectivity index (χ0v) is 25.3. The van der Waals surface area contributed by atoms with Crippen molar-refractivity contribution in [3.63, 3.8) is 0 Å². The van der Waals surface area contributed by atoms with Crippen LogP contribution in [0.3, 0.4) is 0 Å².